The standard InChI is InChI=1S/C9H12O5S.C5H5.Fe/c10-9(8-4-1-2-5-8)14-6-3-7-15(11,12)13;1-2-4-5-3-1;/h1-2,4-5,10H,3,6-7H2,(H,11,12,13);1-5H;/q;-1;. The van der Waals surface area contributed by atoms with Crippen molar-refractivity contribution in [1.29, 1.82) is 0 Å². The maximum Gasteiger partial charge on any atom is 0.284 e. The molecule has 118 valence electrons. The number of aliphatic hydroxyl groups is 1. The predicted octanol–water partition coefficient (Wildman–Crippen LogP) is 2.58. The van der Waals surface area contributed by atoms with Crippen LogP contribution in [0.2, 0.25) is 0 Å². The third-order valence-corrected chi connectivity index (χ3v) is 3.06. The Hall–Kier alpha value is -1.40. The van der Waals surface area contributed by atoms with Crippen molar-refractivity contribution in [1.82, 2.24) is 0 Å². The molecule has 0 atom stereocenters. The summed E-state index contributed by atoms with van der Waals surface area (Å²) in [7, 11) is -3.95. The third kappa shape index (κ3) is 10.0. The Morgan fingerprint density at radius 2 is 1.76 bits per heavy atom. The van der Waals surface area contributed by atoms with Crippen LogP contribution in [-0.2, 0) is 31.9 Å². The molecule has 2 N–H and O–H groups in total. The quantitative estimate of drug-likeness (QED) is 0.280. The Morgan fingerprint density at radius 3 is 2.19 bits per heavy atom. The first-order valence-electron chi connectivity index (χ1n) is 6.02. The van der Waals surface area contributed by atoms with E-state index in [1.807, 2.05) is 30.3 Å². The zero-order valence-electron chi connectivity index (χ0n) is 11.2. The van der Waals surface area contributed by atoms with Gasteiger partial charge in [0.25, 0.3) is 16.1 Å². The van der Waals surface area contributed by atoms with E-state index in [-0.39, 0.29) is 41.8 Å². The number of hydrogen-bond acceptors (Lipinski definition) is 4. The van der Waals surface area contributed by atoms with Gasteiger partial charge in [-0.25, -0.2) is 12.1 Å². The summed E-state index contributed by atoms with van der Waals surface area (Å²) in [6.07, 6.45) is 6.94. The van der Waals surface area contributed by atoms with Crippen LogP contribution in [0.5, 0.6) is 0 Å². The van der Waals surface area contributed by atoms with Gasteiger partial charge in [0.1, 0.15) is 0 Å². The van der Waals surface area contributed by atoms with Crippen molar-refractivity contribution in [3.8, 4) is 0 Å². The summed E-state index contributed by atoms with van der Waals surface area (Å²) in [6.45, 7) is 0.0385. The molecule has 1 aliphatic carbocycles. The zero-order valence-corrected chi connectivity index (χ0v) is 13.1. The van der Waals surface area contributed by atoms with Crippen molar-refractivity contribution in [2.45, 2.75) is 6.42 Å². The van der Waals surface area contributed by atoms with Gasteiger partial charge in [-0.15, -0.1) is 0 Å². The molecule has 1 aromatic carbocycles. The average Bonchev–Trinajstić information content (AvgIpc) is 3.05. The minimum atomic E-state index is -3.95. The molecular formula is C14H17FeO5S-. The average molecular weight is 353 g/mol. The third-order valence-electron chi connectivity index (χ3n) is 2.25. The Morgan fingerprint density at radius 1 is 1.19 bits per heavy atom. The smallest absolute Gasteiger partial charge is 0.284 e. The van der Waals surface area contributed by atoms with E-state index in [0.717, 1.165) is 0 Å². The number of ether oxygens (including phenoxy) is 1. The van der Waals surface area contributed by atoms with Crippen LogP contribution in [0.4, 0.5) is 0 Å². The summed E-state index contributed by atoms with van der Waals surface area (Å²) in [5, 5.41) is 9.32. The van der Waals surface area contributed by atoms with Crippen LogP contribution in [0.15, 0.2) is 66.2 Å². The summed E-state index contributed by atoms with van der Waals surface area (Å²) in [4.78, 5) is 0. The van der Waals surface area contributed by atoms with E-state index in [9.17, 15) is 13.5 Å². The second-order valence-electron chi connectivity index (χ2n) is 3.93. The van der Waals surface area contributed by atoms with Crippen LogP contribution in [0.3, 0.4) is 0 Å². The van der Waals surface area contributed by atoms with E-state index >= 15 is 0 Å². The minimum Gasteiger partial charge on any atom is -0.481 e. The van der Waals surface area contributed by atoms with E-state index in [0.29, 0.717) is 5.57 Å². The van der Waals surface area contributed by atoms with Crippen LogP contribution in [0.25, 0.3) is 0 Å². The number of rotatable bonds is 5. The Balaban J connectivity index is 0.000000562. The molecule has 0 amide bonds. The van der Waals surface area contributed by atoms with Gasteiger partial charge in [-0.2, -0.15) is 26.6 Å². The predicted molar refractivity (Wildman–Crippen MR) is 77.0 cm³/mol. The van der Waals surface area contributed by atoms with Crippen molar-refractivity contribution in [3.05, 3.63) is 66.2 Å². The molecule has 5 nitrogen and oxygen atoms in total. The van der Waals surface area contributed by atoms with Crippen molar-refractivity contribution < 1.29 is 39.9 Å². The second-order valence-corrected chi connectivity index (χ2v) is 5.50. The fourth-order valence-corrected chi connectivity index (χ4v) is 1.81. The first kappa shape index (κ1) is 19.6. The molecule has 0 heterocycles. The van der Waals surface area contributed by atoms with Gasteiger partial charge in [0.2, 0.25) is 0 Å². The Labute approximate surface area is 135 Å². The van der Waals surface area contributed by atoms with Gasteiger partial charge in [-0.05, 0) is 18.6 Å². The van der Waals surface area contributed by atoms with Gasteiger partial charge in [0.15, 0.2) is 0 Å². The molecule has 0 aromatic heterocycles. The molecule has 0 aliphatic heterocycles. The van der Waals surface area contributed by atoms with Crippen LogP contribution in [0, 0.1) is 0 Å². The monoisotopic (exact) mass is 353 g/mol. The molecule has 0 fully saturated rings. The summed E-state index contributed by atoms with van der Waals surface area (Å²) in [5.74, 6) is -0.614. The van der Waals surface area contributed by atoms with Crippen molar-refractivity contribution in [2.75, 3.05) is 12.4 Å². The summed E-state index contributed by atoms with van der Waals surface area (Å²) < 4.78 is 34.0. The first-order chi connectivity index (χ1) is 9.49. The molecule has 0 unspecified atom stereocenters. The van der Waals surface area contributed by atoms with E-state index in [2.05, 4.69) is 0 Å². The molecule has 7 heteroatoms. The number of allylic oxidation sites excluding steroid dienone is 5. The molecule has 0 saturated carbocycles. The zero-order chi connectivity index (χ0) is 14.8. The van der Waals surface area contributed by atoms with E-state index in [1.54, 1.807) is 24.3 Å². The molecular weight excluding hydrogens is 336 g/mol. The molecule has 2 rings (SSSR count). The van der Waals surface area contributed by atoms with Gasteiger partial charge in [-0.1, -0.05) is 12.2 Å². The van der Waals surface area contributed by atoms with Crippen molar-refractivity contribution >= 4 is 10.1 Å². The molecule has 0 spiro atoms. The molecule has 21 heavy (non-hydrogen) atoms. The Bertz CT molecular complexity index is 539. The topological polar surface area (TPSA) is 83.8 Å². The second kappa shape index (κ2) is 10.3. The fourth-order valence-electron chi connectivity index (χ4n) is 1.33. The van der Waals surface area contributed by atoms with Crippen molar-refractivity contribution in [3.63, 3.8) is 0 Å². The van der Waals surface area contributed by atoms with Crippen LogP contribution >= 0.6 is 0 Å². The van der Waals surface area contributed by atoms with Crippen LogP contribution in [0.1, 0.15) is 6.42 Å². The largest absolute Gasteiger partial charge is 0.481 e. The Kier molecular flexibility index (Phi) is 9.65. The van der Waals surface area contributed by atoms with Crippen LogP contribution in [-0.4, -0.2) is 30.4 Å². The maximum atomic E-state index is 10.3. The van der Waals surface area contributed by atoms with Gasteiger partial charge in [-0.3, -0.25) is 4.55 Å². The molecule has 0 bridgehead atoms. The summed E-state index contributed by atoms with van der Waals surface area (Å²) >= 11 is 0. The van der Waals surface area contributed by atoms with Crippen LogP contribution < -0.4 is 0 Å². The number of aliphatic hydroxyl groups excluding tert-OH is 1. The molecule has 0 saturated heterocycles. The summed E-state index contributed by atoms with van der Waals surface area (Å²) in [5.41, 5.74) is 0.543. The molecule has 1 aromatic rings. The van der Waals surface area contributed by atoms with Gasteiger partial charge < -0.3 is 9.84 Å². The van der Waals surface area contributed by atoms with Gasteiger partial charge in [0.05, 0.1) is 17.9 Å². The first-order valence-corrected chi connectivity index (χ1v) is 7.62. The van der Waals surface area contributed by atoms with E-state index in [4.69, 9.17) is 9.29 Å². The summed E-state index contributed by atoms with van der Waals surface area (Å²) in [6, 6.07) is 10.0. The fraction of sp³-hybridized carbons (Fsp3) is 0.214. The van der Waals surface area contributed by atoms with Crippen molar-refractivity contribution in [2.24, 2.45) is 0 Å². The number of hydrogen-bond donors (Lipinski definition) is 2. The SMILES string of the molecule is O=S(=O)(O)CCCOC(O)=C1C=CC=C1.[Fe].c1cc[cH-]c1. The van der Waals surface area contributed by atoms with Gasteiger partial charge in [0, 0.05) is 17.1 Å². The minimum absolute atomic E-state index is 0. The maximum absolute atomic E-state index is 10.3. The molecule has 1 aliphatic rings. The molecule has 0 radical (unpaired) electrons. The normalized spacial score (nSPS) is 12.3. The van der Waals surface area contributed by atoms with E-state index in [1.165, 1.54) is 0 Å². The van der Waals surface area contributed by atoms with Gasteiger partial charge >= 0.3 is 0 Å². The van der Waals surface area contributed by atoms with E-state index < -0.39 is 10.1 Å².